The molecule has 2 heterocycles. The molecule has 8 heteroatoms. The van der Waals surface area contributed by atoms with E-state index in [1.54, 1.807) is 0 Å². The topological polar surface area (TPSA) is 68.2 Å². The van der Waals surface area contributed by atoms with E-state index >= 15 is 0 Å². The van der Waals surface area contributed by atoms with Crippen molar-refractivity contribution in [1.82, 2.24) is 4.90 Å². The summed E-state index contributed by atoms with van der Waals surface area (Å²) in [5.41, 5.74) is -0.154. The molecule has 6 nitrogen and oxygen atoms in total. The first-order valence-electron chi connectivity index (χ1n) is 12.6. The lowest BCUT2D eigenvalue weighted by molar-refractivity contribution is 0.00578. The summed E-state index contributed by atoms with van der Waals surface area (Å²) in [7, 11) is -3.37. The number of hydrogen-bond donors (Lipinski definition) is 1. The Morgan fingerprint density at radius 3 is 1.89 bits per heavy atom. The van der Waals surface area contributed by atoms with Gasteiger partial charge >= 0.3 is 13.2 Å². The van der Waals surface area contributed by atoms with Crippen molar-refractivity contribution in [1.29, 1.82) is 0 Å². The van der Waals surface area contributed by atoms with Gasteiger partial charge in [-0.05, 0) is 48.6 Å². The van der Waals surface area contributed by atoms with Crippen LogP contribution in [0.3, 0.4) is 0 Å². The molecular formula is C28H38BNO5Si. The first kappa shape index (κ1) is 26.7. The predicted molar refractivity (Wildman–Crippen MR) is 146 cm³/mol. The molecule has 2 aliphatic heterocycles. The highest BCUT2D eigenvalue weighted by molar-refractivity contribution is 6.99. The number of rotatable bonds is 6. The van der Waals surface area contributed by atoms with E-state index in [0.29, 0.717) is 0 Å². The van der Waals surface area contributed by atoms with Gasteiger partial charge in [-0.25, -0.2) is 4.79 Å². The molecule has 0 spiro atoms. The predicted octanol–water partition coefficient (Wildman–Crippen LogP) is 4.48. The van der Waals surface area contributed by atoms with Crippen LogP contribution in [0.5, 0.6) is 0 Å². The standard InChI is InChI=1S/C28H38BNO5Si/c1-26(2,3)36(23-14-10-8-11-15-23,24-16-12-9-13-17-24)33-20-22-18-21(19-30(22)25(31)32)29-34-27(4,5)28(6,7)35-29/h8-18,22H,19-20H2,1-7H3,(H,31,32)/t22-/m0/s1. The van der Waals surface area contributed by atoms with Crippen LogP contribution >= 0.6 is 0 Å². The van der Waals surface area contributed by atoms with Gasteiger partial charge < -0.3 is 18.8 Å². The summed E-state index contributed by atoms with van der Waals surface area (Å²) < 4.78 is 19.5. The molecule has 0 unspecified atom stereocenters. The lowest BCUT2D eigenvalue weighted by Crippen LogP contribution is -2.67. The Morgan fingerprint density at radius 1 is 1.00 bits per heavy atom. The fourth-order valence-corrected chi connectivity index (χ4v) is 9.75. The van der Waals surface area contributed by atoms with Gasteiger partial charge in [-0.1, -0.05) is 87.5 Å². The number of carbonyl (C=O) groups is 1. The molecule has 0 radical (unpaired) electrons. The van der Waals surface area contributed by atoms with Gasteiger partial charge in [0.25, 0.3) is 8.32 Å². The van der Waals surface area contributed by atoms with Crippen molar-refractivity contribution in [2.24, 2.45) is 0 Å². The van der Waals surface area contributed by atoms with Crippen LogP contribution in [-0.2, 0) is 13.7 Å². The van der Waals surface area contributed by atoms with Crippen molar-refractivity contribution >= 4 is 31.9 Å². The second-order valence-corrected chi connectivity index (χ2v) is 16.1. The zero-order chi connectivity index (χ0) is 26.4. The summed E-state index contributed by atoms with van der Waals surface area (Å²) in [6.07, 6.45) is 0.988. The molecule has 2 aromatic rings. The van der Waals surface area contributed by atoms with Crippen molar-refractivity contribution in [3.05, 3.63) is 72.2 Å². The molecule has 0 aliphatic carbocycles. The van der Waals surface area contributed by atoms with Crippen LogP contribution in [-0.4, -0.2) is 61.9 Å². The molecule has 192 valence electrons. The van der Waals surface area contributed by atoms with Crippen molar-refractivity contribution < 1.29 is 23.6 Å². The monoisotopic (exact) mass is 507 g/mol. The molecule has 2 aromatic carbocycles. The maximum atomic E-state index is 12.3. The van der Waals surface area contributed by atoms with Crippen LogP contribution in [0, 0.1) is 0 Å². The van der Waals surface area contributed by atoms with Gasteiger partial charge in [0.15, 0.2) is 0 Å². The minimum Gasteiger partial charge on any atom is -0.465 e. The van der Waals surface area contributed by atoms with Crippen LogP contribution in [0.15, 0.2) is 72.2 Å². The third kappa shape index (κ3) is 4.67. The van der Waals surface area contributed by atoms with E-state index in [4.69, 9.17) is 13.7 Å². The number of hydrogen-bond acceptors (Lipinski definition) is 4. The molecule has 36 heavy (non-hydrogen) atoms. The largest absolute Gasteiger partial charge is 0.492 e. The highest BCUT2D eigenvalue weighted by atomic mass is 28.4. The van der Waals surface area contributed by atoms with E-state index in [1.165, 1.54) is 15.3 Å². The summed E-state index contributed by atoms with van der Waals surface area (Å²) in [6, 6.07) is 20.3. The van der Waals surface area contributed by atoms with Gasteiger partial charge in [0.2, 0.25) is 0 Å². The average molecular weight is 508 g/mol. The fraction of sp³-hybridized carbons (Fsp3) is 0.464. The summed E-state index contributed by atoms with van der Waals surface area (Å²) >= 11 is 0. The third-order valence-electron chi connectivity index (χ3n) is 7.85. The van der Waals surface area contributed by atoms with E-state index in [1.807, 2.05) is 70.2 Å². The molecule has 4 rings (SSSR count). The van der Waals surface area contributed by atoms with Crippen molar-refractivity contribution in [3.8, 4) is 0 Å². The van der Waals surface area contributed by atoms with Gasteiger partial charge in [-0.2, -0.15) is 0 Å². The van der Waals surface area contributed by atoms with Gasteiger partial charge in [0.1, 0.15) is 0 Å². The SMILES string of the molecule is CC1(C)OB(C2=C[C@@H](CO[Si](c3ccccc3)(c3ccccc3)C(C)(C)C)N(C(=O)O)C2)OC1(C)C. The van der Waals surface area contributed by atoms with Gasteiger partial charge in [-0.3, -0.25) is 4.90 Å². The Kier molecular flexibility index (Phi) is 7.03. The average Bonchev–Trinajstić information content (AvgIpc) is 3.33. The summed E-state index contributed by atoms with van der Waals surface area (Å²) in [6.45, 7) is 15.1. The highest BCUT2D eigenvalue weighted by Gasteiger charge is 2.54. The Hall–Kier alpha value is -2.39. The Labute approximate surface area is 216 Å². The number of benzene rings is 2. The zero-order valence-corrected chi connectivity index (χ0v) is 23.4. The van der Waals surface area contributed by atoms with Crippen LogP contribution in [0.2, 0.25) is 5.04 Å². The van der Waals surface area contributed by atoms with E-state index in [0.717, 1.165) is 5.47 Å². The highest BCUT2D eigenvalue weighted by Crippen LogP contribution is 2.40. The molecule has 2 aliphatic rings. The molecule has 0 saturated carbocycles. The molecule has 1 amide bonds. The number of nitrogens with zero attached hydrogens (tertiary/aromatic N) is 1. The second kappa shape index (κ2) is 9.49. The molecule has 1 N–H and O–H groups in total. The number of amides is 1. The van der Waals surface area contributed by atoms with E-state index in [-0.39, 0.29) is 18.2 Å². The van der Waals surface area contributed by atoms with Crippen molar-refractivity contribution in [2.75, 3.05) is 13.2 Å². The normalized spacial score (nSPS) is 21.5. The van der Waals surface area contributed by atoms with E-state index < -0.39 is 38.8 Å². The Balaban J connectivity index is 1.69. The number of carboxylic acid groups (broad SMARTS) is 1. The Morgan fingerprint density at radius 2 is 1.47 bits per heavy atom. The summed E-state index contributed by atoms with van der Waals surface area (Å²) in [5, 5.41) is 12.2. The molecule has 1 atom stereocenters. The van der Waals surface area contributed by atoms with Crippen LogP contribution in [0.1, 0.15) is 48.5 Å². The molecular weight excluding hydrogens is 469 g/mol. The van der Waals surface area contributed by atoms with E-state index in [9.17, 15) is 9.90 Å². The lowest BCUT2D eigenvalue weighted by Gasteiger charge is -2.43. The zero-order valence-electron chi connectivity index (χ0n) is 22.4. The van der Waals surface area contributed by atoms with Gasteiger partial charge in [0, 0.05) is 6.54 Å². The first-order chi connectivity index (χ1) is 16.8. The van der Waals surface area contributed by atoms with Crippen LogP contribution in [0.4, 0.5) is 4.79 Å². The third-order valence-corrected chi connectivity index (χ3v) is 12.9. The van der Waals surface area contributed by atoms with Crippen molar-refractivity contribution in [3.63, 3.8) is 0 Å². The lowest BCUT2D eigenvalue weighted by atomic mass is 9.78. The Bertz CT molecular complexity index is 1060. The first-order valence-corrected chi connectivity index (χ1v) is 14.5. The van der Waals surface area contributed by atoms with Gasteiger partial charge in [0.05, 0.1) is 23.9 Å². The summed E-state index contributed by atoms with van der Waals surface area (Å²) in [5.74, 6) is 0. The molecule has 1 saturated heterocycles. The van der Waals surface area contributed by atoms with Crippen LogP contribution in [0.25, 0.3) is 0 Å². The molecule has 1 fully saturated rings. The van der Waals surface area contributed by atoms with E-state index in [2.05, 4.69) is 45.0 Å². The maximum Gasteiger partial charge on any atom is 0.492 e. The summed E-state index contributed by atoms with van der Waals surface area (Å²) in [4.78, 5) is 13.7. The second-order valence-electron chi connectivity index (χ2n) is 11.8. The smallest absolute Gasteiger partial charge is 0.465 e. The molecule has 0 bridgehead atoms. The fourth-order valence-electron chi connectivity index (χ4n) is 5.17. The maximum absolute atomic E-state index is 12.3. The minimum absolute atomic E-state index is 0.194. The minimum atomic E-state index is -2.79. The quantitative estimate of drug-likeness (QED) is 0.584. The molecule has 0 aromatic heterocycles. The van der Waals surface area contributed by atoms with Crippen molar-refractivity contribution in [2.45, 2.75) is 70.7 Å². The van der Waals surface area contributed by atoms with Crippen LogP contribution < -0.4 is 10.4 Å². The van der Waals surface area contributed by atoms with Gasteiger partial charge in [-0.15, -0.1) is 0 Å².